The van der Waals surface area contributed by atoms with Crippen LogP contribution in [-0.2, 0) is 4.79 Å². The van der Waals surface area contributed by atoms with Gasteiger partial charge in [0, 0.05) is 17.6 Å². The Hall–Kier alpha value is -2.94. The molecule has 3 nitrogen and oxygen atoms in total. The van der Waals surface area contributed by atoms with Gasteiger partial charge >= 0.3 is 0 Å². The maximum absolute atomic E-state index is 13.0. The fourth-order valence-corrected chi connectivity index (χ4v) is 3.44. The number of benzene rings is 2. The van der Waals surface area contributed by atoms with Crippen LogP contribution < -0.4 is 5.32 Å². The Morgan fingerprint density at radius 2 is 1.79 bits per heavy atom. The molecule has 0 aliphatic rings. The summed E-state index contributed by atoms with van der Waals surface area (Å²) < 4.78 is 0. The predicted molar refractivity (Wildman–Crippen MR) is 116 cm³/mol. The summed E-state index contributed by atoms with van der Waals surface area (Å²) in [5.74, 6) is -0.0612. The lowest BCUT2D eigenvalue weighted by Crippen LogP contribution is -2.21. The molecule has 0 spiro atoms. The van der Waals surface area contributed by atoms with Gasteiger partial charge in [0.25, 0.3) is 0 Å². The summed E-state index contributed by atoms with van der Waals surface area (Å²) in [5.41, 5.74) is 6.34. The third kappa shape index (κ3) is 5.07. The molecular formula is C25H28N2O. The number of rotatable bonds is 7. The normalized spacial score (nSPS) is 11.8. The first kappa shape index (κ1) is 19.8. The highest BCUT2D eigenvalue weighted by molar-refractivity contribution is 5.96. The van der Waals surface area contributed by atoms with Crippen LogP contribution in [0.1, 0.15) is 48.9 Å². The van der Waals surface area contributed by atoms with Crippen molar-refractivity contribution in [3.63, 3.8) is 0 Å². The molecule has 1 N–H and O–H groups in total. The van der Waals surface area contributed by atoms with Crippen LogP contribution in [0.25, 0.3) is 11.1 Å². The zero-order valence-electron chi connectivity index (χ0n) is 16.9. The number of hydrogen-bond acceptors (Lipinski definition) is 2. The van der Waals surface area contributed by atoms with Crippen molar-refractivity contribution in [2.45, 2.75) is 46.0 Å². The molecule has 3 heteroatoms. The molecule has 1 heterocycles. The molecule has 3 aromatic rings. The van der Waals surface area contributed by atoms with Gasteiger partial charge in [0.2, 0.25) is 5.91 Å². The third-order valence-electron chi connectivity index (χ3n) is 4.99. The van der Waals surface area contributed by atoms with E-state index in [1.165, 1.54) is 5.56 Å². The highest BCUT2D eigenvalue weighted by Crippen LogP contribution is 2.26. The maximum Gasteiger partial charge on any atom is 0.231 e. The highest BCUT2D eigenvalue weighted by atomic mass is 16.1. The van der Waals surface area contributed by atoms with E-state index in [2.05, 4.69) is 48.4 Å². The van der Waals surface area contributed by atoms with Crippen molar-refractivity contribution in [2.24, 2.45) is 0 Å². The number of nitrogens with zero attached hydrogens (tertiary/aromatic N) is 1. The van der Waals surface area contributed by atoms with Crippen molar-refractivity contribution in [3.8, 4) is 11.1 Å². The number of unbranched alkanes of at least 4 members (excludes halogenated alkanes) is 1. The second-order valence-corrected chi connectivity index (χ2v) is 7.36. The minimum atomic E-state index is -0.123. The number of aromatic nitrogens is 1. The van der Waals surface area contributed by atoms with Crippen LogP contribution in [0, 0.1) is 13.8 Å². The summed E-state index contributed by atoms with van der Waals surface area (Å²) in [7, 11) is 0. The summed E-state index contributed by atoms with van der Waals surface area (Å²) in [6, 6.07) is 20.4. The number of aryl methyl sites for hydroxylation is 2. The minimum absolute atomic E-state index is 0.0616. The van der Waals surface area contributed by atoms with Crippen LogP contribution >= 0.6 is 0 Å². The van der Waals surface area contributed by atoms with Crippen LogP contribution in [0.5, 0.6) is 0 Å². The smallest absolute Gasteiger partial charge is 0.231 e. The average molecular weight is 373 g/mol. The Morgan fingerprint density at radius 1 is 1.00 bits per heavy atom. The first-order valence-electron chi connectivity index (χ1n) is 9.97. The lowest BCUT2D eigenvalue weighted by atomic mass is 9.91. The lowest BCUT2D eigenvalue weighted by molar-refractivity contribution is -0.117. The molecule has 1 unspecified atom stereocenters. The second kappa shape index (κ2) is 9.32. The summed E-state index contributed by atoms with van der Waals surface area (Å²) in [5, 5.41) is 3.11. The fourth-order valence-electron chi connectivity index (χ4n) is 3.44. The SMILES string of the molecule is CCCCC(C(=O)Nc1ccc(-c2ccnc(C)c2)cc1)c1cccc(C)c1. The molecule has 0 fully saturated rings. The lowest BCUT2D eigenvalue weighted by Gasteiger charge is -2.18. The molecule has 0 aliphatic heterocycles. The zero-order chi connectivity index (χ0) is 19.9. The number of pyridine rings is 1. The van der Waals surface area contributed by atoms with Gasteiger partial charge in [-0.15, -0.1) is 0 Å². The second-order valence-electron chi connectivity index (χ2n) is 7.36. The summed E-state index contributed by atoms with van der Waals surface area (Å²) in [4.78, 5) is 17.3. The van der Waals surface area contributed by atoms with E-state index in [0.29, 0.717) is 0 Å². The van der Waals surface area contributed by atoms with E-state index < -0.39 is 0 Å². The van der Waals surface area contributed by atoms with Crippen LogP contribution in [0.4, 0.5) is 5.69 Å². The molecule has 144 valence electrons. The molecule has 0 saturated heterocycles. The van der Waals surface area contributed by atoms with Crippen LogP contribution in [0.15, 0.2) is 66.9 Å². The number of hydrogen-bond donors (Lipinski definition) is 1. The maximum atomic E-state index is 13.0. The Labute approximate surface area is 167 Å². The van der Waals surface area contributed by atoms with Gasteiger partial charge in [-0.2, -0.15) is 0 Å². The summed E-state index contributed by atoms with van der Waals surface area (Å²) >= 11 is 0. The number of nitrogens with one attached hydrogen (secondary N) is 1. The highest BCUT2D eigenvalue weighted by Gasteiger charge is 2.20. The van der Waals surface area contributed by atoms with Crippen molar-refractivity contribution in [1.29, 1.82) is 0 Å². The molecular weight excluding hydrogens is 344 g/mol. The van der Waals surface area contributed by atoms with Crippen LogP contribution in [0.3, 0.4) is 0 Å². The van der Waals surface area contributed by atoms with Crippen LogP contribution in [-0.4, -0.2) is 10.9 Å². The van der Waals surface area contributed by atoms with Crippen LogP contribution in [0.2, 0.25) is 0 Å². The Kier molecular flexibility index (Phi) is 6.59. The van der Waals surface area contributed by atoms with E-state index >= 15 is 0 Å². The van der Waals surface area contributed by atoms with Crippen molar-refractivity contribution < 1.29 is 4.79 Å². The number of carbonyl (C=O) groups is 1. The first-order chi connectivity index (χ1) is 13.6. The van der Waals surface area contributed by atoms with Gasteiger partial charge in [-0.3, -0.25) is 9.78 Å². The molecule has 0 aliphatic carbocycles. The Morgan fingerprint density at radius 3 is 2.46 bits per heavy atom. The van der Waals surface area contributed by atoms with E-state index in [-0.39, 0.29) is 11.8 Å². The number of anilines is 1. The standard InChI is InChI=1S/C25H28N2O/c1-4-5-9-24(22-8-6-7-18(2)16-22)25(28)27-23-12-10-20(11-13-23)21-14-15-26-19(3)17-21/h6-8,10-17,24H,4-5,9H2,1-3H3,(H,27,28). The molecule has 0 saturated carbocycles. The monoisotopic (exact) mass is 372 g/mol. The molecule has 1 aromatic heterocycles. The average Bonchev–Trinajstić information content (AvgIpc) is 2.69. The molecule has 28 heavy (non-hydrogen) atoms. The number of carbonyl (C=O) groups excluding carboxylic acids is 1. The number of amides is 1. The van der Waals surface area contributed by atoms with Gasteiger partial charge < -0.3 is 5.32 Å². The predicted octanol–water partition coefficient (Wildman–Crippen LogP) is 6.28. The van der Waals surface area contributed by atoms with Crippen molar-refractivity contribution in [3.05, 3.63) is 83.7 Å². The van der Waals surface area contributed by atoms with Crippen molar-refractivity contribution >= 4 is 11.6 Å². The van der Waals surface area contributed by atoms with Gasteiger partial charge in [-0.25, -0.2) is 0 Å². The largest absolute Gasteiger partial charge is 0.326 e. The van der Waals surface area contributed by atoms with E-state index in [0.717, 1.165) is 47.3 Å². The van der Waals surface area contributed by atoms with E-state index in [1.54, 1.807) is 0 Å². The minimum Gasteiger partial charge on any atom is -0.326 e. The molecule has 3 rings (SSSR count). The third-order valence-corrected chi connectivity index (χ3v) is 4.99. The van der Waals surface area contributed by atoms with Gasteiger partial charge in [-0.1, -0.05) is 61.7 Å². The zero-order valence-corrected chi connectivity index (χ0v) is 16.9. The summed E-state index contributed by atoms with van der Waals surface area (Å²) in [6.45, 7) is 6.21. The van der Waals surface area contributed by atoms with E-state index in [1.807, 2.05) is 49.5 Å². The van der Waals surface area contributed by atoms with Crippen molar-refractivity contribution in [2.75, 3.05) is 5.32 Å². The Balaban J connectivity index is 1.75. The topological polar surface area (TPSA) is 42.0 Å². The van der Waals surface area contributed by atoms with Gasteiger partial charge in [0.05, 0.1) is 5.92 Å². The first-order valence-corrected chi connectivity index (χ1v) is 9.97. The van der Waals surface area contributed by atoms with Gasteiger partial charge in [-0.05, 0) is 61.2 Å². The summed E-state index contributed by atoms with van der Waals surface area (Å²) in [6.07, 6.45) is 4.79. The molecule has 1 amide bonds. The molecule has 2 aromatic carbocycles. The van der Waals surface area contributed by atoms with Crippen molar-refractivity contribution in [1.82, 2.24) is 4.98 Å². The fraction of sp³-hybridized carbons (Fsp3) is 0.280. The van der Waals surface area contributed by atoms with Gasteiger partial charge in [0.15, 0.2) is 0 Å². The van der Waals surface area contributed by atoms with E-state index in [9.17, 15) is 4.79 Å². The Bertz CT molecular complexity index is 931. The molecule has 1 atom stereocenters. The quantitative estimate of drug-likeness (QED) is 0.530. The molecule has 0 radical (unpaired) electrons. The molecule has 0 bridgehead atoms. The van der Waals surface area contributed by atoms with Gasteiger partial charge in [0.1, 0.15) is 0 Å². The van der Waals surface area contributed by atoms with E-state index in [4.69, 9.17) is 0 Å².